The molecule has 5 heterocycles. The Bertz CT molecular complexity index is 1840. The maximum absolute atomic E-state index is 12.7. The van der Waals surface area contributed by atoms with Crippen LogP contribution in [-0.2, 0) is 56.9 Å². The summed E-state index contributed by atoms with van der Waals surface area (Å²) in [6, 6.07) is 0. The number of fused-ring (bicyclic) bond motifs is 5. The number of esters is 1. The Hall–Kier alpha value is -1.55. The Balaban J connectivity index is 0.777. The van der Waals surface area contributed by atoms with E-state index < -0.39 is 136 Å². The van der Waals surface area contributed by atoms with Crippen LogP contribution >= 0.6 is 0 Å². The molecule has 9 N–H and O–H groups in total. The van der Waals surface area contributed by atoms with Crippen molar-refractivity contribution in [2.24, 2.45) is 34.5 Å². The maximum atomic E-state index is 12.7. The van der Waals surface area contributed by atoms with Crippen LogP contribution in [0.25, 0.3) is 0 Å². The summed E-state index contributed by atoms with van der Waals surface area (Å²) in [5.74, 6) is 0.941. The predicted octanol–water partition coefficient (Wildman–Crippen LogP) is -0.706. The van der Waals surface area contributed by atoms with Gasteiger partial charge in [0.05, 0.1) is 43.2 Å². The van der Waals surface area contributed by atoms with Crippen LogP contribution in [0.3, 0.4) is 0 Å². The van der Waals surface area contributed by atoms with Gasteiger partial charge in [-0.2, -0.15) is 0 Å². The van der Waals surface area contributed by atoms with E-state index in [1.54, 1.807) is 20.1 Å². The number of rotatable bonds is 13. The van der Waals surface area contributed by atoms with Crippen molar-refractivity contribution in [1.29, 1.82) is 0 Å². The first-order valence-electron chi connectivity index (χ1n) is 25.5. The molecular formula is C49H78O21. The van der Waals surface area contributed by atoms with Gasteiger partial charge in [-0.15, -0.1) is 0 Å². The molecule has 0 bridgehead atoms. The third-order valence-electron chi connectivity index (χ3n) is 18.8. The molecule has 5 aliphatic heterocycles. The first kappa shape index (κ1) is 53.3. The molecule has 0 aromatic heterocycles. The molecule has 400 valence electrons. The smallest absolute Gasteiger partial charge is 0.331 e. The highest BCUT2D eigenvalue weighted by atomic mass is 16.8. The number of carbonyl (C=O) groups is 1. The van der Waals surface area contributed by atoms with Crippen molar-refractivity contribution >= 4 is 5.97 Å². The van der Waals surface area contributed by atoms with Gasteiger partial charge in [0.25, 0.3) is 0 Å². The molecule has 4 saturated carbocycles. The Kier molecular flexibility index (Phi) is 15.9. The zero-order valence-electron chi connectivity index (χ0n) is 41.1. The van der Waals surface area contributed by atoms with E-state index >= 15 is 0 Å². The van der Waals surface area contributed by atoms with E-state index in [0.29, 0.717) is 24.9 Å². The molecule has 9 aliphatic rings. The van der Waals surface area contributed by atoms with E-state index in [4.69, 9.17) is 52.1 Å². The lowest BCUT2D eigenvalue weighted by Crippen LogP contribution is -2.65. The number of cyclic esters (lactones) is 1. The molecule has 4 saturated heterocycles. The normalized spacial score (nSPS) is 53.9. The third-order valence-corrected chi connectivity index (χ3v) is 18.8. The summed E-state index contributed by atoms with van der Waals surface area (Å²) in [7, 11) is 2.94. The summed E-state index contributed by atoms with van der Waals surface area (Å²) >= 11 is 0. The Morgan fingerprint density at radius 3 is 2.01 bits per heavy atom. The minimum Gasteiger partial charge on any atom is -0.458 e. The number of carbonyl (C=O) groups excluding carboxylic acids is 1. The van der Waals surface area contributed by atoms with Gasteiger partial charge in [0.2, 0.25) is 0 Å². The van der Waals surface area contributed by atoms with Crippen LogP contribution in [-0.4, -0.2) is 214 Å². The van der Waals surface area contributed by atoms with Crippen LogP contribution in [0, 0.1) is 34.5 Å². The standard InChI is InChI=1S/C49H78O21/c1-21-41(69-46-40(58)43(61-6)42(22(2)65-46)70-45-39(57)37(55)35(53)31(68-45)20-63-44-38(56)36(54)34(52)30(18-50)67-44)29(60-5)17-33(64-21)66-25-9-12-47(3)24(16-25)7-8-28-27(47)10-13-48(4)26(11-14-49(28,48)59)23-15-32(51)62-19-23/h15,21-22,24-31,33-46,50,52-59H,7-14,16-20H2,1-6H3/t21-,22-,24+,25-,26+,27+,28-,29+,30-,31-,33-,34+,35+,36-,37-,38-,39-,40-,41+,42+,43+,44+,45-,46-,47+,48-,49+/m1/s1. The van der Waals surface area contributed by atoms with E-state index in [1.165, 1.54) is 7.11 Å². The molecule has 21 nitrogen and oxygen atoms in total. The fourth-order valence-electron chi connectivity index (χ4n) is 14.7. The lowest BCUT2D eigenvalue weighted by atomic mass is 9.43. The maximum Gasteiger partial charge on any atom is 0.331 e. The monoisotopic (exact) mass is 1000 g/mol. The first-order valence-corrected chi connectivity index (χ1v) is 25.5. The van der Waals surface area contributed by atoms with Gasteiger partial charge in [0.1, 0.15) is 79.9 Å². The molecule has 0 amide bonds. The van der Waals surface area contributed by atoms with Crippen molar-refractivity contribution in [2.45, 2.75) is 220 Å². The summed E-state index contributed by atoms with van der Waals surface area (Å²) in [4.78, 5) is 12.0. The van der Waals surface area contributed by atoms with Crippen LogP contribution in [0.4, 0.5) is 0 Å². The number of methoxy groups -OCH3 is 2. The summed E-state index contributed by atoms with van der Waals surface area (Å²) in [5.41, 5.74) is 0.0579. The summed E-state index contributed by atoms with van der Waals surface area (Å²) in [5, 5.41) is 97.0. The minimum atomic E-state index is -1.80. The van der Waals surface area contributed by atoms with E-state index in [1.807, 2.05) is 6.92 Å². The van der Waals surface area contributed by atoms with Gasteiger partial charge in [-0.25, -0.2) is 4.79 Å². The lowest BCUT2D eigenvalue weighted by Gasteiger charge is -2.64. The van der Waals surface area contributed by atoms with Gasteiger partial charge in [-0.3, -0.25) is 0 Å². The molecule has 9 rings (SSSR count). The van der Waals surface area contributed by atoms with Gasteiger partial charge in [0.15, 0.2) is 25.2 Å². The first-order chi connectivity index (χ1) is 33.3. The van der Waals surface area contributed by atoms with Crippen LogP contribution in [0.1, 0.15) is 91.9 Å². The second kappa shape index (κ2) is 20.9. The molecule has 21 heteroatoms. The molecule has 0 aromatic rings. The van der Waals surface area contributed by atoms with Crippen molar-refractivity contribution < 1.29 is 103 Å². The van der Waals surface area contributed by atoms with E-state index in [0.717, 1.165) is 63.4 Å². The second-order valence-electron chi connectivity index (χ2n) is 22.3. The Morgan fingerprint density at radius 2 is 1.33 bits per heavy atom. The summed E-state index contributed by atoms with van der Waals surface area (Å²) < 4.78 is 65.7. The summed E-state index contributed by atoms with van der Waals surface area (Å²) in [6.45, 7) is 7.29. The summed E-state index contributed by atoms with van der Waals surface area (Å²) in [6.07, 6.45) is -13.9. The van der Waals surface area contributed by atoms with Crippen molar-refractivity contribution in [1.82, 2.24) is 0 Å². The molecule has 70 heavy (non-hydrogen) atoms. The molecule has 0 spiro atoms. The van der Waals surface area contributed by atoms with Gasteiger partial charge in [-0.05, 0) is 106 Å². The number of hydrogen-bond donors (Lipinski definition) is 9. The molecule has 0 radical (unpaired) electrons. The minimum absolute atomic E-state index is 0.0218. The van der Waals surface area contributed by atoms with Crippen molar-refractivity contribution in [3.63, 3.8) is 0 Å². The Morgan fingerprint density at radius 1 is 0.657 bits per heavy atom. The molecule has 0 unspecified atom stereocenters. The topological polar surface area (TPSA) is 301 Å². The fourth-order valence-corrected chi connectivity index (χ4v) is 14.7. The average Bonchev–Trinajstić information content (AvgIpc) is 3.89. The lowest BCUT2D eigenvalue weighted by molar-refractivity contribution is -0.374. The van der Waals surface area contributed by atoms with Gasteiger partial charge in [-0.1, -0.05) is 13.8 Å². The quantitative estimate of drug-likeness (QED) is 0.0814. The highest BCUT2D eigenvalue weighted by molar-refractivity contribution is 5.85. The highest BCUT2D eigenvalue weighted by Gasteiger charge is 2.68. The zero-order valence-corrected chi connectivity index (χ0v) is 41.1. The third kappa shape index (κ3) is 9.35. The average molecular weight is 1000 g/mol. The van der Waals surface area contributed by atoms with E-state index in [2.05, 4.69) is 13.8 Å². The van der Waals surface area contributed by atoms with Crippen molar-refractivity contribution in [3.05, 3.63) is 11.6 Å². The van der Waals surface area contributed by atoms with Crippen LogP contribution in [0.15, 0.2) is 11.6 Å². The van der Waals surface area contributed by atoms with Crippen molar-refractivity contribution in [3.8, 4) is 0 Å². The highest BCUT2D eigenvalue weighted by Crippen LogP contribution is 2.70. The largest absolute Gasteiger partial charge is 0.458 e. The van der Waals surface area contributed by atoms with Crippen LogP contribution in [0.5, 0.6) is 0 Å². The number of hydrogen-bond acceptors (Lipinski definition) is 21. The number of aliphatic hydroxyl groups is 9. The van der Waals surface area contributed by atoms with E-state index in [-0.39, 0.29) is 34.7 Å². The molecular weight excluding hydrogens is 925 g/mol. The van der Waals surface area contributed by atoms with Crippen molar-refractivity contribution in [2.75, 3.05) is 34.0 Å². The van der Waals surface area contributed by atoms with Gasteiger partial charge in [0, 0.05) is 32.1 Å². The van der Waals surface area contributed by atoms with Crippen LogP contribution in [0.2, 0.25) is 0 Å². The Labute approximate surface area is 408 Å². The van der Waals surface area contributed by atoms with Gasteiger partial charge >= 0.3 is 5.97 Å². The molecule has 8 fully saturated rings. The van der Waals surface area contributed by atoms with E-state index in [9.17, 15) is 50.8 Å². The second-order valence-corrected chi connectivity index (χ2v) is 22.3. The number of ether oxygens (including phenoxy) is 11. The SMILES string of the molecule is CO[C@H]1[C@@H](O)[C@@H](O[C@@H]2[C@@H](OC)C[C@@H](O[C@@H]3CC[C@@]4(C)[C@@H](CC[C@@H]5[C@@H]4CC[C@]4(C)[C@H](C6=CC(=O)OC6)CC[C@]54O)C3)O[C@@H]2C)O[C@H](C)[C@@H]1O[C@H]1O[C@H](CO[C@H]2O[C@H](CO)[C@H](O)[C@@H](O)[C@H]2O)[C@H](O)[C@@H](O)[C@H]1O. The molecule has 4 aliphatic carbocycles. The molecule has 0 aromatic carbocycles. The predicted molar refractivity (Wildman–Crippen MR) is 238 cm³/mol. The molecule has 27 atom stereocenters. The fraction of sp³-hybridized carbons (Fsp3) is 0.939. The number of aliphatic hydroxyl groups excluding tert-OH is 8. The van der Waals surface area contributed by atoms with Gasteiger partial charge < -0.3 is 98.1 Å². The zero-order chi connectivity index (χ0) is 50.2. The van der Waals surface area contributed by atoms with Crippen LogP contribution < -0.4 is 0 Å².